The van der Waals surface area contributed by atoms with Crippen LogP contribution in [0, 0.1) is 0 Å². The largest absolute Gasteiger partial charge is 0.422 e. The second-order valence-electron chi connectivity index (χ2n) is 2.42. The minimum atomic E-state index is -0.333. The highest BCUT2D eigenvalue weighted by molar-refractivity contribution is 5.67. The summed E-state index contributed by atoms with van der Waals surface area (Å²) in [6, 6.07) is 0. The first kappa shape index (κ1) is 9.28. The number of ether oxygens (including phenoxy) is 3. The van der Waals surface area contributed by atoms with Crippen molar-refractivity contribution in [3.05, 3.63) is 0 Å². The van der Waals surface area contributed by atoms with E-state index in [0.717, 1.165) is 0 Å². The van der Waals surface area contributed by atoms with Gasteiger partial charge in [0.1, 0.15) is 0 Å². The number of hydrogen-bond donors (Lipinski definition) is 0. The Hall–Kier alpha value is -0.810. The van der Waals surface area contributed by atoms with Crippen LogP contribution in [0.2, 0.25) is 0 Å². The van der Waals surface area contributed by atoms with Crippen LogP contribution >= 0.6 is 0 Å². The molecule has 0 aromatic rings. The highest BCUT2D eigenvalue weighted by Crippen LogP contribution is 1.99. The van der Waals surface area contributed by atoms with Gasteiger partial charge >= 0.3 is 6.09 Å². The first-order valence-corrected chi connectivity index (χ1v) is 3.83. The number of carbonyl (C=O) groups excluding carboxylic acids is 1. The molecule has 0 aromatic heterocycles. The summed E-state index contributed by atoms with van der Waals surface area (Å²) < 4.78 is 14.4. The summed E-state index contributed by atoms with van der Waals surface area (Å²) in [7, 11) is 1.48. The van der Waals surface area contributed by atoms with E-state index in [-0.39, 0.29) is 12.9 Å². The lowest BCUT2D eigenvalue weighted by molar-refractivity contribution is -0.0220. The molecule has 5 nitrogen and oxygen atoms in total. The van der Waals surface area contributed by atoms with Crippen LogP contribution in [-0.4, -0.2) is 51.2 Å². The monoisotopic (exact) mass is 175 g/mol. The number of methoxy groups -OCH3 is 1. The van der Waals surface area contributed by atoms with Crippen molar-refractivity contribution in [1.82, 2.24) is 4.90 Å². The number of nitrogens with zero attached hydrogens (tertiary/aromatic N) is 1. The third-order valence-corrected chi connectivity index (χ3v) is 1.57. The van der Waals surface area contributed by atoms with E-state index in [2.05, 4.69) is 4.74 Å². The van der Waals surface area contributed by atoms with Crippen molar-refractivity contribution < 1.29 is 19.0 Å². The van der Waals surface area contributed by atoms with Crippen molar-refractivity contribution in [1.29, 1.82) is 0 Å². The van der Waals surface area contributed by atoms with Crippen molar-refractivity contribution in [3.63, 3.8) is 0 Å². The van der Waals surface area contributed by atoms with Crippen LogP contribution in [0.4, 0.5) is 4.79 Å². The lowest BCUT2D eigenvalue weighted by Crippen LogP contribution is -2.41. The van der Waals surface area contributed by atoms with E-state index in [1.165, 1.54) is 7.11 Å². The molecular formula is C7H13NO4. The average Bonchev–Trinajstić information content (AvgIpc) is 2.15. The highest BCUT2D eigenvalue weighted by Gasteiger charge is 2.17. The summed E-state index contributed by atoms with van der Waals surface area (Å²) in [5.41, 5.74) is 0. The molecule has 1 rings (SSSR count). The van der Waals surface area contributed by atoms with E-state index in [9.17, 15) is 4.79 Å². The molecule has 0 aliphatic carbocycles. The summed E-state index contributed by atoms with van der Waals surface area (Å²) in [6.07, 6.45) is -0.333. The summed E-state index contributed by atoms with van der Waals surface area (Å²) in [4.78, 5) is 12.7. The van der Waals surface area contributed by atoms with E-state index < -0.39 is 0 Å². The number of morpholine rings is 1. The lowest BCUT2D eigenvalue weighted by Gasteiger charge is -2.25. The predicted molar refractivity (Wildman–Crippen MR) is 40.7 cm³/mol. The maximum atomic E-state index is 11.1. The van der Waals surface area contributed by atoms with Crippen LogP contribution in [-0.2, 0) is 14.2 Å². The second-order valence-corrected chi connectivity index (χ2v) is 2.42. The van der Waals surface area contributed by atoms with Gasteiger partial charge in [-0.15, -0.1) is 0 Å². The van der Waals surface area contributed by atoms with E-state index in [0.29, 0.717) is 26.3 Å². The Balaban J connectivity index is 2.20. The normalized spacial score (nSPS) is 17.6. The van der Waals surface area contributed by atoms with Gasteiger partial charge in [0.25, 0.3) is 0 Å². The zero-order valence-electron chi connectivity index (χ0n) is 7.12. The Labute approximate surface area is 71.2 Å². The fraction of sp³-hybridized carbons (Fsp3) is 0.857. The molecule has 0 aromatic carbocycles. The van der Waals surface area contributed by atoms with Crippen molar-refractivity contribution >= 4 is 6.09 Å². The van der Waals surface area contributed by atoms with Gasteiger partial charge in [-0.1, -0.05) is 0 Å². The van der Waals surface area contributed by atoms with Gasteiger partial charge in [-0.05, 0) is 0 Å². The van der Waals surface area contributed by atoms with Crippen molar-refractivity contribution in [2.45, 2.75) is 0 Å². The van der Waals surface area contributed by atoms with E-state index >= 15 is 0 Å². The second kappa shape index (κ2) is 4.95. The molecule has 1 amide bonds. The molecule has 5 heteroatoms. The van der Waals surface area contributed by atoms with Crippen molar-refractivity contribution in [2.24, 2.45) is 0 Å². The SMILES string of the molecule is COCOC(=O)N1CCOCC1. The fourth-order valence-corrected chi connectivity index (χ4v) is 0.947. The summed E-state index contributed by atoms with van der Waals surface area (Å²) in [5.74, 6) is 0. The topological polar surface area (TPSA) is 48.0 Å². The number of carbonyl (C=O) groups is 1. The Morgan fingerprint density at radius 3 is 2.75 bits per heavy atom. The van der Waals surface area contributed by atoms with E-state index in [4.69, 9.17) is 9.47 Å². The molecule has 12 heavy (non-hydrogen) atoms. The van der Waals surface area contributed by atoms with Crippen LogP contribution in [0.3, 0.4) is 0 Å². The highest BCUT2D eigenvalue weighted by atomic mass is 16.7. The minimum absolute atomic E-state index is 0.0101. The summed E-state index contributed by atoms with van der Waals surface area (Å²) in [6.45, 7) is 2.38. The Bertz CT molecular complexity index is 144. The van der Waals surface area contributed by atoms with Gasteiger partial charge in [0, 0.05) is 20.2 Å². The summed E-state index contributed by atoms with van der Waals surface area (Å²) >= 11 is 0. The fourth-order valence-electron chi connectivity index (χ4n) is 0.947. The van der Waals surface area contributed by atoms with E-state index in [1.807, 2.05) is 0 Å². The third-order valence-electron chi connectivity index (χ3n) is 1.57. The standard InChI is InChI=1S/C7H13NO4/c1-10-6-12-7(9)8-2-4-11-5-3-8/h2-6H2,1H3. The molecule has 0 spiro atoms. The van der Waals surface area contributed by atoms with Crippen LogP contribution in [0.1, 0.15) is 0 Å². The van der Waals surface area contributed by atoms with Gasteiger partial charge in [0.15, 0.2) is 6.79 Å². The Morgan fingerprint density at radius 2 is 2.17 bits per heavy atom. The van der Waals surface area contributed by atoms with Crippen LogP contribution in [0.15, 0.2) is 0 Å². The molecular weight excluding hydrogens is 162 g/mol. The molecule has 1 aliphatic rings. The minimum Gasteiger partial charge on any atom is -0.422 e. The first-order chi connectivity index (χ1) is 5.84. The first-order valence-electron chi connectivity index (χ1n) is 3.83. The summed E-state index contributed by atoms with van der Waals surface area (Å²) in [5, 5.41) is 0. The molecule has 1 fully saturated rings. The maximum Gasteiger partial charge on any atom is 0.412 e. The molecule has 0 radical (unpaired) electrons. The Morgan fingerprint density at radius 1 is 1.50 bits per heavy atom. The molecule has 0 unspecified atom stereocenters. The molecule has 70 valence electrons. The number of amides is 1. The smallest absolute Gasteiger partial charge is 0.412 e. The zero-order valence-corrected chi connectivity index (χ0v) is 7.12. The van der Waals surface area contributed by atoms with Crippen LogP contribution < -0.4 is 0 Å². The molecule has 0 N–H and O–H groups in total. The maximum absolute atomic E-state index is 11.1. The van der Waals surface area contributed by atoms with Gasteiger partial charge in [0.05, 0.1) is 13.2 Å². The Kier molecular flexibility index (Phi) is 3.83. The molecule has 1 saturated heterocycles. The molecule has 1 heterocycles. The van der Waals surface area contributed by atoms with Gasteiger partial charge in [-0.3, -0.25) is 0 Å². The van der Waals surface area contributed by atoms with Gasteiger partial charge in [-0.2, -0.15) is 0 Å². The average molecular weight is 175 g/mol. The molecule has 0 bridgehead atoms. The van der Waals surface area contributed by atoms with Crippen molar-refractivity contribution in [3.8, 4) is 0 Å². The lowest BCUT2D eigenvalue weighted by atomic mass is 10.5. The predicted octanol–water partition coefficient (Wildman–Crippen LogP) is 0.0591. The zero-order chi connectivity index (χ0) is 8.81. The molecule has 1 aliphatic heterocycles. The van der Waals surface area contributed by atoms with Crippen LogP contribution in [0.5, 0.6) is 0 Å². The van der Waals surface area contributed by atoms with Gasteiger partial charge in [0.2, 0.25) is 0 Å². The van der Waals surface area contributed by atoms with Gasteiger partial charge in [-0.25, -0.2) is 4.79 Å². The third kappa shape index (κ3) is 2.67. The van der Waals surface area contributed by atoms with E-state index in [1.54, 1.807) is 4.90 Å². The number of rotatable bonds is 2. The van der Waals surface area contributed by atoms with Crippen molar-refractivity contribution in [2.75, 3.05) is 40.2 Å². The van der Waals surface area contributed by atoms with Crippen LogP contribution in [0.25, 0.3) is 0 Å². The van der Waals surface area contributed by atoms with Gasteiger partial charge < -0.3 is 19.1 Å². The number of hydrogen-bond acceptors (Lipinski definition) is 4. The molecule has 0 atom stereocenters. The molecule has 0 saturated carbocycles. The quantitative estimate of drug-likeness (QED) is 0.557.